The molecule has 1 saturated heterocycles. The topological polar surface area (TPSA) is 44.1 Å². The fourth-order valence-corrected chi connectivity index (χ4v) is 3.41. The molecule has 2 bridgehead atoms. The molecule has 4 rings (SSSR count). The average Bonchev–Trinajstić information content (AvgIpc) is 2.59. The molecule has 3 aliphatic heterocycles. The van der Waals surface area contributed by atoms with Gasteiger partial charge < -0.3 is 4.90 Å². The van der Waals surface area contributed by atoms with E-state index in [9.17, 15) is 10.1 Å². The predicted molar refractivity (Wildman–Crippen MR) is 59.6 cm³/mol. The van der Waals surface area contributed by atoms with Crippen LogP contribution in [0.1, 0.15) is 13.3 Å². The van der Waals surface area contributed by atoms with Crippen molar-refractivity contribution in [2.24, 2.45) is 5.92 Å². The fourth-order valence-electron chi connectivity index (χ4n) is 3.07. The standard InChI is InChI=1S/C12H11ClN2O/c1-11-8-2-3-9(12(13,6-8)7-14)15(11)5-4-10(11)16/h2-5,8-9H,6H2,1H3/t8-,9+,11-,12-/m1/s1. The molecule has 4 heteroatoms. The van der Waals surface area contributed by atoms with Crippen LogP contribution in [0.25, 0.3) is 0 Å². The molecule has 0 saturated carbocycles. The molecule has 82 valence electrons. The maximum Gasteiger partial charge on any atom is 0.182 e. The third-order valence-electron chi connectivity index (χ3n) is 4.14. The van der Waals surface area contributed by atoms with Gasteiger partial charge in [0.25, 0.3) is 0 Å². The van der Waals surface area contributed by atoms with E-state index in [1.165, 1.54) is 0 Å². The van der Waals surface area contributed by atoms with Crippen molar-refractivity contribution in [2.75, 3.05) is 0 Å². The van der Waals surface area contributed by atoms with Crippen molar-refractivity contribution in [3.8, 4) is 6.07 Å². The molecule has 0 radical (unpaired) electrons. The summed E-state index contributed by atoms with van der Waals surface area (Å²) < 4.78 is 0. The first-order chi connectivity index (χ1) is 7.52. The highest BCUT2D eigenvalue weighted by Crippen LogP contribution is 2.51. The lowest BCUT2D eigenvalue weighted by Crippen LogP contribution is -2.67. The first kappa shape index (κ1) is 9.92. The molecule has 1 fully saturated rings. The number of rotatable bonds is 0. The second kappa shape index (κ2) is 2.70. The fraction of sp³-hybridized carbons (Fsp3) is 0.500. The summed E-state index contributed by atoms with van der Waals surface area (Å²) in [4.78, 5) is 13.0. The van der Waals surface area contributed by atoms with E-state index < -0.39 is 10.4 Å². The molecule has 1 aliphatic carbocycles. The summed E-state index contributed by atoms with van der Waals surface area (Å²) in [6.45, 7) is 1.93. The lowest BCUT2D eigenvalue weighted by molar-refractivity contribution is -0.127. The molecular weight excluding hydrogens is 224 g/mol. The third-order valence-corrected chi connectivity index (χ3v) is 4.60. The molecular formula is C12H11ClN2O. The highest BCUT2D eigenvalue weighted by atomic mass is 35.5. The van der Waals surface area contributed by atoms with E-state index in [0.29, 0.717) is 6.42 Å². The monoisotopic (exact) mass is 234 g/mol. The molecule has 3 heterocycles. The van der Waals surface area contributed by atoms with Crippen LogP contribution in [-0.4, -0.2) is 27.1 Å². The Morgan fingerprint density at radius 1 is 1.62 bits per heavy atom. The molecule has 0 aromatic rings. The van der Waals surface area contributed by atoms with E-state index in [1.54, 1.807) is 12.3 Å². The van der Waals surface area contributed by atoms with Crippen LogP contribution < -0.4 is 0 Å². The van der Waals surface area contributed by atoms with Crippen LogP contribution in [0.4, 0.5) is 0 Å². The second-order valence-corrected chi connectivity index (χ2v) is 5.52. The zero-order valence-electron chi connectivity index (χ0n) is 8.85. The van der Waals surface area contributed by atoms with E-state index >= 15 is 0 Å². The Balaban J connectivity index is 2.14. The van der Waals surface area contributed by atoms with Gasteiger partial charge in [0, 0.05) is 12.1 Å². The maximum atomic E-state index is 11.9. The summed E-state index contributed by atoms with van der Waals surface area (Å²) in [5.74, 6) is 0.139. The van der Waals surface area contributed by atoms with Gasteiger partial charge in [-0.25, -0.2) is 0 Å². The minimum absolute atomic E-state index is 0.0251. The van der Waals surface area contributed by atoms with Gasteiger partial charge in [-0.1, -0.05) is 12.2 Å². The number of carbonyl (C=O) groups excluding carboxylic acids is 1. The predicted octanol–water partition coefficient (Wildman–Crippen LogP) is 1.60. The lowest BCUT2D eigenvalue weighted by atomic mass is 9.66. The lowest BCUT2D eigenvalue weighted by Gasteiger charge is -2.55. The Kier molecular flexibility index (Phi) is 1.67. The summed E-state index contributed by atoms with van der Waals surface area (Å²) in [6.07, 6.45) is 7.90. The Labute approximate surface area is 99.0 Å². The number of alkyl halides is 1. The minimum atomic E-state index is -0.895. The van der Waals surface area contributed by atoms with E-state index in [0.717, 1.165) is 0 Å². The van der Waals surface area contributed by atoms with Crippen molar-refractivity contribution in [1.82, 2.24) is 4.90 Å². The number of nitriles is 1. The van der Waals surface area contributed by atoms with Crippen molar-refractivity contribution >= 4 is 17.4 Å². The van der Waals surface area contributed by atoms with Crippen LogP contribution >= 0.6 is 11.6 Å². The van der Waals surface area contributed by atoms with Gasteiger partial charge in [0.2, 0.25) is 0 Å². The first-order valence-electron chi connectivity index (χ1n) is 5.32. The molecule has 4 atom stereocenters. The van der Waals surface area contributed by atoms with Crippen molar-refractivity contribution in [2.45, 2.75) is 29.8 Å². The summed E-state index contributed by atoms with van der Waals surface area (Å²) in [6, 6.07) is 1.99. The van der Waals surface area contributed by atoms with Gasteiger partial charge in [0.15, 0.2) is 10.7 Å². The summed E-state index contributed by atoms with van der Waals surface area (Å²) in [5, 5.41) is 9.19. The van der Waals surface area contributed by atoms with Crippen molar-refractivity contribution < 1.29 is 4.79 Å². The summed E-state index contributed by atoms with van der Waals surface area (Å²) >= 11 is 6.33. The number of hydrogen-bond donors (Lipinski definition) is 0. The zero-order valence-corrected chi connectivity index (χ0v) is 9.61. The van der Waals surface area contributed by atoms with E-state index in [-0.39, 0.29) is 17.7 Å². The number of halogens is 1. The van der Waals surface area contributed by atoms with Crippen molar-refractivity contribution in [3.05, 3.63) is 24.4 Å². The van der Waals surface area contributed by atoms with Gasteiger partial charge in [-0.3, -0.25) is 4.79 Å². The van der Waals surface area contributed by atoms with Crippen LogP contribution in [0, 0.1) is 17.2 Å². The Bertz CT molecular complexity index is 478. The molecule has 0 unspecified atom stereocenters. The highest BCUT2D eigenvalue weighted by molar-refractivity contribution is 6.27. The smallest absolute Gasteiger partial charge is 0.182 e. The quantitative estimate of drug-likeness (QED) is 0.472. The molecule has 16 heavy (non-hydrogen) atoms. The molecule has 0 N–H and O–H groups in total. The number of hydrogen-bond acceptors (Lipinski definition) is 3. The largest absolute Gasteiger partial charge is 0.355 e. The van der Waals surface area contributed by atoms with Crippen LogP contribution in [0.2, 0.25) is 0 Å². The third kappa shape index (κ3) is 0.875. The Morgan fingerprint density at radius 2 is 2.38 bits per heavy atom. The summed E-state index contributed by atoms with van der Waals surface area (Å²) in [5.41, 5.74) is -0.519. The van der Waals surface area contributed by atoms with Gasteiger partial charge in [-0.15, -0.1) is 11.6 Å². The molecule has 0 aromatic carbocycles. The van der Waals surface area contributed by atoms with Crippen LogP contribution in [0.15, 0.2) is 24.4 Å². The Morgan fingerprint density at radius 3 is 3.06 bits per heavy atom. The molecule has 0 aromatic heterocycles. The average molecular weight is 235 g/mol. The van der Waals surface area contributed by atoms with Crippen LogP contribution in [0.3, 0.4) is 0 Å². The van der Waals surface area contributed by atoms with E-state index in [1.807, 2.05) is 24.0 Å². The maximum absolute atomic E-state index is 11.9. The number of carbonyl (C=O) groups is 1. The van der Waals surface area contributed by atoms with Gasteiger partial charge in [-0.05, 0) is 19.4 Å². The molecule has 0 spiro atoms. The molecule has 3 nitrogen and oxygen atoms in total. The van der Waals surface area contributed by atoms with Gasteiger partial charge in [0.1, 0.15) is 5.54 Å². The zero-order chi connectivity index (χ0) is 11.6. The van der Waals surface area contributed by atoms with Crippen LogP contribution in [-0.2, 0) is 4.79 Å². The Hall–Kier alpha value is -1.27. The van der Waals surface area contributed by atoms with E-state index in [4.69, 9.17) is 11.6 Å². The number of ketones is 1. The van der Waals surface area contributed by atoms with Crippen LogP contribution in [0.5, 0.6) is 0 Å². The second-order valence-electron chi connectivity index (χ2n) is 4.85. The van der Waals surface area contributed by atoms with E-state index in [2.05, 4.69) is 6.07 Å². The molecule has 0 amide bonds. The van der Waals surface area contributed by atoms with Gasteiger partial charge in [0.05, 0.1) is 12.1 Å². The van der Waals surface area contributed by atoms with Gasteiger partial charge >= 0.3 is 0 Å². The summed E-state index contributed by atoms with van der Waals surface area (Å²) in [7, 11) is 0. The normalized spacial score (nSPS) is 48.3. The van der Waals surface area contributed by atoms with Crippen molar-refractivity contribution in [3.63, 3.8) is 0 Å². The van der Waals surface area contributed by atoms with Crippen molar-refractivity contribution in [1.29, 1.82) is 5.26 Å². The van der Waals surface area contributed by atoms with Gasteiger partial charge in [-0.2, -0.15) is 5.26 Å². The number of nitrogens with zero attached hydrogens (tertiary/aromatic N) is 2. The first-order valence-corrected chi connectivity index (χ1v) is 5.70. The molecule has 4 aliphatic rings. The SMILES string of the molecule is C[C@@]12C(=O)C=CN1[C@H]1C=C[C@@H]2C[C@@]1(Cl)C#N. The minimum Gasteiger partial charge on any atom is -0.355 e. The highest BCUT2D eigenvalue weighted by Gasteiger charge is 2.61. The number of fused-ring (bicyclic) bond motifs is 1. The number of piperidine rings is 1.